The number of hydrogen-bond acceptors (Lipinski definition) is 3. The summed E-state index contributed by atoms with van der Waals surface area (Å²) < 4.78 is 5.88. The summed E-state index contributed by atoms with van der Waals surface area (Å²) in [5.74, 6) is 3.17. The van der Waals surface area contributed by atoms with E-state index in [1.807, 2.05) is 36.9 Å². The Hall–Kier alpha value is -0.670. The molecule has 1 aromatic rings. The molecule has 2 rings (SSSR count). The highest BCUT2D eigenvalue weighted by Crippen LogP contribution is 2.32. The molecule has 1 aromatic carbocycles. The Balaban J connectivity index is 2.06. The van der Waals surface area contributed by atoms with E-state index >= 15 is 0 Å². The lowest BCUT2D eigenvalue weighted by molar-refractivity contribution is -0.108. The predicted octanol–water partition coefficient (Wildman–Crippen LogP) is 3.92. The minimum Gasteiger partial charge on any atom is -0.488 e. The molecule has 1 heterocycles. The lowest BCUT2D eigenvalue weighted by Crippen LogP contribution is -2.15. The van der Waals surface area contributed by atoms with E-state index < -0.39 is 0 Å². The molecule has 4 heteroatoms. The van der Waals surface area contributed by atoms with E-state index in [0.29, 0.717) is 11.4 Å². The van der Waals surface area contributed by atoms with Crippen molar-refractivity contribution in [2.75, 3.05) is 11.5 Å². The van der Waals surface area contributed by atoms with Gasteiger partial charge in [0.25, 0.3) is 0 Å². The van der Waals surface area contributed by atoms with Crippen molar-refractivity contribution >= 4 is 29.6 Å². The Kier molecular flexibility index (Phi) is 4.95. The summed E-state index contributed by atoms with van der Waals surface area (Å²) in [6.07, 6.45) is 2.84. The van der Waals surface area contributed by atoms with Gasteiger partial charge in [0.05, 0.1) is 5.02 Å². The van der Waals surface area contributed by atoms with E-state index in [1.165, 1.54) is 0 Å². The van der Waals surface area contributed by atoms with E-state index in [9.17, 15) is 4.79 Å². The summed E-state index contributed by atoms with van der Waals surface area (Å²) in [5.41, 5.74) is 1.08. The average Bonchev–Trinajstić information content (AvgIpc) is 2.85. The van der Waals surface area contributed by atoms with Gasteiger partial charge >= 0.3 is 0 Å². The van der Waals surface area contributed by atoms with Crippen LogP contribution >= 0.6 is 23.4 Å². The Labute approximate surface area is 117 Å². The predicted molar refractivity (Wildman–Crippen MR) is 76.9 cm³/mol. The molecule has 0 saturated carbocycles. The van der Waals surface area contributed by atoms with Crippen LogP contribution in [0.15, 0.2) is 18.2 Å². The number of ether oxygens (including phenoxy) is 1. The quantitative estimate of drug-likeness (QED) is 0.767. The summed E-state index contributed by atoms with van der Waals surface area (Å²) in [6, 6.07) is 5.83. The number of aldehydes is 1. The molecule has 0 amide bonds. The number of carbonyl (C=O) groups is 1. The Morgan fingerprint density at radius 1 is 1.61 bits per heavy atom. The summed E-state index contributed by atoms with van der Waals surface area (Å²) in [6.45, 7) is 2.02. The van der Waals surface area contributed by atoms with Gasteiger partial charge in [-0.15, -0.1) is 0 Å². The first kappa shape index (κ1) is 13.8. The van der Waals surface area contributed by atoms with Crippen LogP contribution in [0, 0.1) is 0 Å². The lowest BCUT2D eigenvalue weighted by atomic mass is 9.98. The molecule has 0 N–H and O–H groups in total. The smallest absolute Gasteiger partial charge is 0.138 e. The zero-order valence-electron chi connectivity index (χ0n) is 10.4. The van der Waals surface area contributed by atoms with Crippen LogP contribution in [0.3, 0.4) is 0 Å². The van der Waals surface area contributed by atoms with Crippen LogP contribution in [0.25, 0.3) is 0 Å². The van der Waals surface area contributed by atoms with Crippen molar-refractivity contribution in [1.82, 2.24) is 0 Å². The summed E-state index contributed by atoms with van der Waals surface area (Å²) in [7, 11) is 0. The number of carbonyl (C=O) groups excluding carboxylic acids is 1. The van der Waals surface area contributed by atoms with Gasteiger partial charge in [0.1, 0.15) is 18.1 Å². The molecule has 1 aliphatic rings. The molecule has 0 bridgehead atoms. The van der Waals surface area contributed by atoms with Crippen LogP contribution in [0.1, 0.15) is 31.2 Å². The Morgan fingerprint density at radius 2 is 2.44 bits per heavy atom. The largest absolute Gasteiger partial charge is 0.488 e. The second-order valence-corrected chi connectivity index (χ2v) is 6.15. The SMILES string of the molecule is CC(CC=O)c1ccc(OC2CCSC2)c(Cl)c1. The molecule has 1 aliphatic heterocycles. The lowest BCUT2D eigenvalue weighted by Gasteiger charge is -2.15. The number of benzene rings is 1. The van der Waals surface area contributed by atoms with E-state index in [-0.39, 0.29) is 12.0 Å². The van der Waals surface area contributed by atoms with Crippen molar-refractivity contribution in [2.24, 2.45) is 0 Å². The number of thioether (sulfide) groups is 1. The van der Waals surface area contributed by atoms with Crippen LogP contribution in [0.2, 0.25) is 5.02 Å². The molecule has 2 atom stereocenters. The highest BCUT2D eigenvalue weighted by atomic mass is 35.5. The molecule has 0 radical (unpaired) electrons. The van der Waals surface area contributed by atoms with E-state index in [2.05, 4.69) is 0 Å². The second kappa shape index (κ2) is 6.48. The molecule has 98 valence electrons. The van der Waals surface area contributed by atoms with Crippen molar-refractivity contribution in [3.63, 3.8) is 0 Å². The van der Waals surface area contributed by atoms with Gasteiger partial charge in [0.2, 0.25) is 0 Å². The Morgan fingerprint density at radius 3 is 3.06 bits per heavy atom. The van der Waals surface area contributed by atoms with Gasteiger partial charge in [-0.1, -0.05) is 24.6 Å². The van der Waals surface area contributed by atoms with E-state index in [1.54, 1.807) is 0 Å². The van der Waals surface area contributed by atoms with Crippen molar-refractivity contribution in [3.05, 3.63) is 28.8 Å². The Bertz CT molecular complexity index is 416. The van der Waals surface area contributed by atoms with Gasteiger partial charge in [0, 0.05) is 12.2 Å². The minimum absolute atomic E-state index is 0.205. The standard InChI is InChI=1S/C14H17ClO2S/c1-10(4-6-16)11-2-3-14(13(15)8-11)17-12-5-7-18-9-12/h2-3,6,8,10,12H,4-5,7,9H2,1H3. The fourth-order valence-electron chi connectivity index (χ4n) is 1.99. The van der Waals surface area contributed by atoms with Crippen LogP contribution in [0.4, 0.5) is 0 Å². The second-order valence-electron chi connectivity index (χ2n) is 4.60. The molecule has 1 saturated heterocycles. The highest BCUT2D eigenvalue weighted by molar-refractivity contribution is 7.99. The van der Waals surface area contributed by atoms with Crippen molar-refractivity contribution in [3.8, 4) is 5.75 Å². The van der Waals surface area contributed by atoms with Gasteiger partial charge in [-0.25, -0.2) is 0 Å². The summed E-state index contributed by atoms with van der Waals surface area (Å²) in [4.78, 5) is 10.5. The molecular formula is C14H17ClO2S. The first-order chi connectivity index (χ1) is 8.70. The zero-order valence-corrected chi connectivity index (χ0v) is 12.0. The van der Waals surface area contributed by atoms with Gasteiger partial charge in [-0.05, 0) is 35.8 Å². The van der Waals surface area contributed by atoms with E-state index in [0.717, 1.165) is 35.5 Å². The van der Waals surface area contributed by atoms with E-state index in [4.69, 9.17) is 16.3 Å². The molecule has 2 nitrogen and oxygen atoms in total. The van der Waals surface area contributed by atoms with Gasteiger partial charge in [0.15, 0.2) is 0 Å². The third-order valence-corrected chi connectivity index (χ3v) is 4.58. The van der Waals surface area contributed by atoms with Crippen molar-refractivity contribution < 1.29 is 9.53 Å². The number of rotatable bonds is 5. The molecular weight excluding hydrogens is 268 g/mol. The molecule has 0 spiro atoms. The number of hydrogen-bond donors (Lipinski definition) is 0. The first-order valence-corrected chi connectivity index (χ1v) is 7.71. The minimum atomic E-state index is 0.205. The topological polar surface area (TPSA) is 26.3 Å². The summed E-state index contributed by atoms with van der Waals surface area (Å²) in [5, 5.41) is 0.641. The van der Waals surface area contributed by atoms with Crippen molar-refractivity contribution in [1.29, 1.82) is 0 Å². The molecule has 2 unspecified atom stereocenters. The maximum atomic E-state index is 10.5. The van der Waals surface area contributed by atoms with Gasteiger partial charge in [-0.3, -0.25) is 0 Å². The molecule has 0 aliphatic carbocycles. The first-order valence-electron chi connectivity index (χ1n) is 6.18. The summed E-state index contributed by atoms with van der Waals surface area (Å²) >= 11 is 8.15. The molecule has 0 aromatic heterocycles. The fraction of sp³-hybridized carbons (Fsp3) is 0.500. The van der Waals surface area contributed by atoms with Crippen LogP contribution in [-0.4, -0.2) is 23.9 Å². The molecule has 1 fully saturated rings. The van der Waals surface area contributed by atoms with Crippen molar-refractivity contribution in [2.45, 2.75) is 31.8 Å². The van der Waals surface area contributed by atoms with Crippen LogP contribution < -0.4 is 4.74 Å². The third-order valence-electron chi connectivity index (χ3n) is 3.16. The zero-order chi connectivity index (χ0) is 13.0. The van der Waals surface area contributed by atoms with Crippen LogP contribution in [0.5, 0.6) is 5.75 Å². The normalized spacial score (nSPS) is 20.7. The maximum Gasteiger partial charge on any atom is 0.138 e. The molecule has 18 heavy (non-hydrogen) atoms. The number of halogens is 1. The fourth-order valence-corrected chi connectivity index (χ4v) is 3.31. The average molecular weight is 285 g/mol. The van der Waals surface area contributed by atoms with Gasteiger partial charge in [-0.2, -0.15) is 11.8 Å². The highest BCUT2D eigenvalue weighted by Gasteiger charge is 2.18. The van der Waals surface area contributed by atoms with Gasteiger partial charge < -0.3 is 9.53 Å². The maximum absolute atomic E-state index is 10.5. The monoisotopic (exact) mass is 284 g/mol. The third kappa shape index (κ3) is 3.42. The van der Waals surface area contributed by atoms with Crippen LogP contribution in [-0.2, 0) is 4.79 Å².